The Hall–Kier alpha value is -0.773. The molecule has 1 fully saturated rings. The van der Waals surface area contributed by atoms with Crippen LogP contribution in [0.15, 0.2) is 36.4 Å². The van der Waals surface area contributed by atoms with Crippen molar-refractivity contribution in [2.75, 3.05) is 18.0 Å². The Kier molecular flexibility index (Phi) is 3.69. The number of hydrogen-bond donors (Lipinski definition) is 0. The van der Waals surface area contributed by atoms with Crippen LogP contribution in [0.5, 0.6) is 0 Å². The minimum Gasteiger partial charge on any atom is -0.417 e. The molecule has 1 nitrogen and oxygen atoms in total. The van der Waals surface area contributed by atoms with E-state index in [0.29, 0.717) is 0 Å². The minimum absolute atomic E-state index is 0. The zero-order valence-corrected chi connectivity index (χ0v) is 9.95. The molecule has 0 aromatic heterocycles. The predicted octanol–water partition coefficient (Wildman–Crippen LogP) is 0.553. The van der Waals surface area contributed by atoms with Crippen molar-refractivity contribution in [2.45, 2.75) is 19.3 Å². The summed E-state index contributed by atoms with van der Waals surface area (Å²) in [6.45, 7) is 2.46. The van der Waals surface area contributed by atoms with Gasteiger partial charge in [0.1, 0.15) is 0 Å². The van der Waals surface area contributed by atoms with Gasteiger partial charge in [0.2, 0.25) is 0 Å². The summed E-state index contributed by atoms with van der Waals surface area (Å²) < 4.78 is 0. The van der Waals surface area contributed by atoms with Crippen LogP contribution < -0.4 is 23.8 Å². The maximum Gasteiger partial charge on any atom is 1.00 e. The van der Waals surface area contributed by atoms with Crippen LogP contribution >= 0.6 is 0 Å². The van der Waals surface area contributed by atoms with Crippen LogP contribution in [0.4, 0.5) is 5.69 Å². The quantitative estimate of drug-likeness (QED) is 0.485. The molecule has 1 heterocycles. The van der Waals surface area contributed by atoms with Crippen LogP contribution in [-0.2, 0) is 0 Å². The van der Waals surface area contributed by atoms with E-state index in [1.165, 1.54) is 48.8 Å². The third-order valence-corrected chi connectivity index (χ3v) is 3.35. The molecule has 1 aliphatic heterocycles. The third kappa shape index (κ3) is 2.03. The van der Waals surface area contributed by atoms with Crippen molar-refractivity contribution >= 4 is 16.5 Å². The third-order valence-electron chi connectivity index (χ3n) is 3.35. The molecule has 0 saturated carbocycles. The van der Waals surface area contributed by atoms with Crippen molar-refractivity contribution in [3.63, 3.8) is 0 Å². The van der Waals surface area contributed by atoms with Crippen LogP contribution in [0, 0.1) is 0 Å². The van der Waals surface area contributed by atoms with Gasteiger partial charge in [-0.15, -0.1) is 41.1 Å². The van der Waals surface area contributed by atoms with Gasteiger partial charge in [-0.1, -0.05) is 18.2 Å². The largest absolute Gasteiger partial charge is 1.00 e. The molecule has 0 aliphatic carbocycles. The summed E-state index contributed by atoms with van der Waals surface area (Å²) in [7, 11) is 0. The first-order chi connectivity index (χ1) is 7.45. The molecule has 2 aromatic rings. The summed E-state index contributed by atoms with van der Waals surface area (Å²) in [5.74, 6) is 0. The molecular weight excluding hydrogens is 189 g/mol. The second kappa shape index (κ2) is 5.04. The van der Waals surface area contributed by atoms with Gasteiger partial charge in [0.25, 0.3) is 0 Å². The summed E-state index contributed by atoms with van der Waals surface area (Å²) in [6, 6.07) is 13.2. The molecule has 0 spiro atoms. The van der Waals surface area contributed by atoms with E-state index in [2.05, 4.69) is 41.3 Å². The Balaban J connectivity index is 0.000000963. The summed E-state index contributed by atoms with van der Waals surface area (Å²) in [5.41, 5.74) is 1.44. The fourth-order valence-corrected chi connectivity index (χ4v) is 2.54. The maximum atomic E-state index is 2.53. The fraction of sp³-hybridized carbons (Fsp3) is 0.357. The van der Waals surface area contributed by atoms with Crippen molar-refractivity contribution in [3.8, 4) is 0 Å². The molecule has 0 amide bonds. The fourth-order valence-electron chi connectivity index (χ4n) is 2.54. The summed E-state index contributed by atoms with van der Waals surface area (Å²) in [5, 5.41) is 2.79. The Morgan fingerprint density at radius 1 is 1.00 bits per heavy atom. The number of anilines is 1. The van der Waals surface area contributed by atoms with Crippen LogP contribution in [0.25, 0.3) is 10.8 Å². The Morgan fingerprint density at radius 2 is 1.75 bits per heavy atom. The van der Waals surface area contributed by atoms with Gasteiger partial charge in [-0.3, -0.25) is 0 Å². The molecule has 2 aromatic carbocycles. The smallest absolute Gasteiger partial charge is 0.417 e. The normalized spacial score (nSPS) is 16.1. The van der Waals surface area contributed by atoms with Crippen molar-refractivity contribution in [3.05, 3.63) is 36.4 Å². The van der Waals surface area contributed by atoms with E-state index in [4.69, 9.17) is 0 Å². The number of piperidine rings is 1. The van der Waals surface area contributed by atoms with Gasteiger partial charge >= 0.3 is 18.9 Å². The van der Waals surface area contributed by atoms with Crippen LogP contribution in [0.2, 0.25) is 0 Å². The number of fused-ring (bicyclic) bond motifs is 1. The molecule has 0 atom stereocenters. The zero-order chi connectivity index (χ0) is 10.1. The van der Waals surface area contributed by atoms with E-state index in [1.54, 1.807) is 0 Å². The Bertz CT molecular complexity index is 454. The number of hydrogen-bond acceptors (Lipinski definition) is 1. The molecule has 0 bridgehead atoms. The SMILES string of the molecule is [Li+].c1ccc2c(N3CCCCC3)c[cH-]c2c1. The van der Waals surface area contributed by atoms with Gasteiger partial charge in [0.15, 0.2) is 0 Å². The van der Waals surface area contributed by atoms with Crippen molar-refractivity contribution < 1.29 is 18.9 Å². The first-order valence-electron chi connectivity index (χ1n) is 5.84. The van der Waals surface area contributed by atoms with E-state index >= 15 is 0 Å². The monoisotopic (exact) mass is 205 g/mol. The van der Waals surface area contributed by atoms with E-state index in [9.17, 15) is 0 Å². The molecule has 78 valence electrons. The standard InChI is InChI=1S/C14H16N.Li/c1-4-10-15(11-5-1)14-9-8-12-6-2-3-7-13(12)14;/h2-3,6-9H,1,4-5,10-11H2;/q-1;+1. The van der Waals surface area contributed by atoms with Crippen LogP contribution in [0.3, 0.4) is 0 Å². The van der Waals surface area contributed by atoms with E-state index < -0.39 is 0 Å². The zero-order valence-electron chi connectivity index (χ0n) is 9.95. The number of nitrogens with zero attached hydrogens (tertiary/aromatic N) is 1. The van der Waals surface area contributed by atoms with Gasteiger partial charge < -0.3 is 4.90 Å². The van der Waals surface area contributed by atoms with Crippen molar-refractivity contribution in [1.82, 2.24) is 0 Å². The molecule has 16 heavy (non-hydrogen) atoms. The first kappa shape index (κ1) is 11.7. The number of rotatable bonds is 1. The molecule has 0 N–H and O–H groups in total. The second-order valence-corrected chi connectivity index (χ2v) is 4.35. The van der Waals surface area contributed by atoms with Gasteiger partial charge in [-0.2, -0.15) is 0 Å². The maximum absolute atomic E-state index is 2.53. The Morgan fingerprint density at radius 3 is 2.56 bits per heavy atom. The molecule has 1 saturated heterocycles. The van der Waals surface area contributed by atoms with Gasteiger partial charge in [0.05, 0.1) is 0 Å². The topological polar surface area (TPSA) is 3.24 Å². The van der Waals surface area contributed by atoms with E-state index in [-0.39, 0.29) is 18.9 Å². The molecule has 1 aliphatic rings. The summed E-state index contributed by atoms with van der Waals surface area (Å²) >= 11 is 0. The first-order valence-corrected chi connectivity index (χ1v) is 5.84. The van der Waals surface area contributed by atoms with Crippen molar-refractivity contribution in [2.24, 2.45) is 0 Å². The second-order valence-electron chi connectivity index (χ2n) is 4.35. The van der Waals surface area contributed by atoms with Crippen molar-refractivity contribution in [1.29, 1.82) is 0 Å². The predicted molar refractivity (Wildman–Crippen MR) is 65.6 cm³/mol. The Labute approximate surface area is 109 Å². The molecule has 0 radical (unpaired) electrons. The average Bonchev–Trinajstić information content (AvgIpc) is 2.74. The molecule has 3 rings (SSSR count). The van der Waals surface area contributed by atoms with E-state index in [1.807, 2.05) is 0 Å². The number of benzene rings is 1. The van der Waals surface area contributed by atoms with Gasteiger partial charge in [0, 0.05) is 13.1 Å². The van der Waals surface area contributed by atoms with E-state index in [0.717, 1.165) is 0 Å². The van der Waals surface area contributed by atoms with Crippen LogP contribution in [0.1, 0.15) is 19.3 Å². The molecule has 0 unspecified atom stereocenters. The average molecular weight is 205 g/mol. The van der Waals surface area contributed by atoms with Gasteiger partial charge in [-0.05, 0) is 12.8 Å². The van der Waals surface area contributed by atoms with Crippen LogP contribution in [-0.4, -0.2) is 13.1 Å². The van der Waals surface area contributed by atoms with Gasteiger partial charge in [-0.25, -0.2) is 0 Å². The minimum atomic E-state index is 0. The summed E-state index contributed by atoms with van der Waals surface area (Å²) in [4.78, 5) is 2.53. The summed E-state index contributed by atoms with van der Waals surface area (Å²) in [6.07, 6.45) is 4.09. The molecular formula is C14H16LiN. The molecule has 2 heteroatoms.